The number of aryl methyl sites for hydroxylation is 1. The average molecular weight is 476 g/mol. The summed E-state index contributed by atoms with van der Waals surface area (Å²) in [6.07, 6.45) is 0. The van der Waals surface area contributed by atoms with Crippen LogP contribution in [0.1, 0.15) is 21.1 Å². The highest BCUT2D eigenvalue weighted by atomic mass is 35.5. The van der Waals surface area contributed by atoms with Crippen molar-refractivity contribution < 1.29 is 19.1 Å². The summed E-state index contributed by atoms with van der Waals surface area (Å²) in [4.78, 5) is 36.6. The summed E-state index contributed by atoms with van der Waals surface area (Å²) < 4.78 is 10.5. The molecule has 0 radical (unpaired) electrons. The molecule has 1 aromatic carbocycles. The minimum Gasteiger partial charge on any atom is -0.480 e. The van der Waals surface area contributed by atoms with Crippen LogP contribution in [0, 0.1) is 6.92 Å². The molecule has 3 heterocycles. The lowest BCUT2D eigenvalue weighted by Crippen LogP contribution is -2.47. The molecular weight excluding hydrogens is 454 g/mol. The molecule has 0 aliphatic carbocycles. The lowest BCUT2D eigenvalue weighted by molar-refractivity contribution is -0.120. The van der Waals surface area contributed by atoms with Crippen molar-refractivity contribution in [2.24, 2.45) is 0 Å². The third kappa shape index (κ3) is 4.34. The zero-order chi connectivity index (χ0) is 22.8. The van der Waals surface area contributed by atoms with E-state index in [1.54, 1.807) is 25.3 Å². The number of ether oxygens (including phenoxy) is 2. The van der Waals surface area contributed by atoms with Gasteiger partial charge in [0.25, 0.3) is 5.91 Å². The molecule has 168 valence electrons. The van der Waals surface area contributed by atoms with Crippen LogP contribution in [0.25, 0.3) is 10.2 Å². The zero-order valence-corrected chi connectivity index (χ0v) is 19.4. The third-order valence-corrected chi connectivity index (χ3v) is 6.55. The second-order valence-corrected chi connectivity index (χ2v) is 8.62. The summed E-state index contributed by atoms with van der Waals surface area (Å²) in [5.41, 5.74) is 2.05. The van der Waals surface area contributed by atoms with Crippen molar-refractivity contribution in [3.8, 4) is 5.88 Å². The van der Waals surface area contributed by atoms with E-state index in [9.17, 15) is 9.59 Å². The number of thiophene rings is 1. The Morgan fingerprint density at radius 3 is 2.84 bits per heavy atom. The van der Waals surface area contributed by atoms with E-state index in [2.05, 4.69) is 20.6 Å². The molecule has 32 heavy (non-hydrogen) atoms. The van der Waals surface area contributed by atoms with Crippen molar-refractivity contribution in [3.63, 3.8) is 0 Å². The van der Waals surface area contributed by atoms with Gasteiger partial charge in [0.05, 0.1) is 34.6 Å². The molecule has 3 aromatic rings. The first-order valence-electron chi connectivity index (χ1n) is 9.86. The Balaban J connectivity index is 1.59. The van der Waals surface area contributed by atoms with Crippen molar-refractivity contribution >= 4 is 56.3 Å². The van der Waals surface area contributed by atoms with Gasteiger partial charge < -0.3 is 25.0 Å². The molecule has 1 saturated heterocycles. The predicted octanol–water partition coefficient (Wildman–Crippen LogP) is 3.00. The standard InChI is InChI=1S/C21H22ClN5O4S/c1-11-17-20(31-3)25-15(10-30-2)26-21(17)32-18(11)19(29)24-12-4-5-14(13(22)8-12)27-7-6-23-16(28)9-27/h4-5,8H,6-7,9-10H2,1-3H3,(H,23,28)(H,24,29). The molecule has 0 unspecified atom stereocenters. The van der Waals surface area contributed by atoms with Gasteiger partial charge >= 0.3 is 0 Å². The number of hydrogen-bond donors (Lipinski definition) is 2. The van der Waals surface area contributed by atoms with Crippen LogP contribution in [0.15, 0.2) is 18.2 Å². The monoisotopic (exact) mass is 475 g/mol. The maximum absolute atomic E-state index is 13.0. The summed E-state index contributed by atoms with van der Waals surface area (Å²) in [6, 6.07) is 5.26. The number of anilines is 2. The van der Waals surface area contributed by atoms with Crippen molar-refractivity contribution in [2.45, 2.75) is 13.5 Å². The normalized spacial score (nSPS) is 13.9. The predicted molar refractivity (Wildman–Crippen MR) is 124 cm³/mol. The van der Waals surface area contributed by atoms with Crippen LogP contribution in [0.3, 0.4) is 0 Å². The smallest absolute Gasteiger partial charge is 0.266 e. The molecule has 1 fully saturated rings. The fraction of sp³-hybridized carbons (Fsp3) is 0.333. The minimum atomic E-state index is -0.276. The van der Waals surface area contributed by atoms with Crippen molar-refractivity contribution in [2.75, 3.05) is 44.1 Å². The number of aromatic nitrogens is 2. The molecule has 0 saturated carbocycles. The van der Waals surface area contributed by atoms with Crippen LogP contribution in [-0.4, -0.2) is 55.6 Å². The number of benzene rings is 1. The van der Waals surface area contributed by atoms with Crippen LogP contribution in [-0.2, 0) is 16.1 Å². The van der Waals surface area contributed by atoms with E-state index in [1.807, 2.05) is 11.8 Å². The number of nitrogens with zero attached hydrogens (tertiary/aromatic N) is 3. The summed E-state index contributed by atoms with van der Waals surface area (Å²) in [5, 5.41) is 6.85. The van der Waals surface area contributed by atoms with E-state index in [0.29, 0.717) is 50.6 Å². The first kappa shape index (κ1) is 22.3. The van der Waals surface area contributed by atoms with Gasteiger partial charge in [-0.3, -0.25) is 9.59 Å². The summed E-state index contributed by atoms with van der Waals surface area (Å²) >= 11 is 7.72. The Morgan fingerprint density at radius 2 is 2.16 bits per heavy atom. The van der Waals surface area contributed by atoms with Crippen LogP contribution in [0.5, 0.6) is 5.88 Å². The lowest BCUT2D eigenvalue weighted by atomic mass is 10.2. The van der Waals surface area contributed by atoms with Crippen LogP contribution < -0.4 is 20.3 Å². The molecular formula is C21H22ClN5O4S. The van der Waals surface area contributed by atoms with Crippen LogP contribution in [0.4, 0.5) is 11.4 Å². The number of hydrogen-bond acceptors (Lipinski definition) is 8. The third-order valence-electron chi connectivity index (χ3n) is 5.06. The van der Waals surface area contributed by atoms with E-state index < -0.39 is 0 Å². The first-order chi connectivity index (χ1) is 15.4. The minimum absolute atomic E-state index is 0.0443. The van der Waals surface area contributed by atoms with Gasteiger partial charge in [-0.25, -0.2) is 4.98 Å². The molecule has 1 aliphatic heterocycles. The lowest BCUT2D eigenvalue weighted by Gasteiger charge is -2.29. The van der Waals surface area contributed by atoms with E-state index in [4.69, 9.17) is 21.1 Å². The second kappa shape index (κ2) is 9.27. The number of carbonyl (C=O) groups excluding carboxylic acids is 2. The van der Waals surface area contributed by atoms with Gasteiger partial charge in [0.2, 0.25) is 11.8 Å². The molecule has 0 atom stereocenters. The Bertz CT molecular complexity index is 1200. The van der Waals surface area contributed by atoms with Crippen molar-refractivity contribution in [3.05, 3.63) is 39.5 Å². The summed E-state index contributed by atoms with van der Waals surface area (Å²) in [7, 11) is 3.10. The van der Waals surface area contributed by atoms with Crippen molar-refractivity contribution in [1.29, 1.82) is 0 Å². The number of amides is 2. The molecule has 9 nitrogen and oxygen atoms in total. The van der Waals surface area contributed by atoms with E-state index in [0.717, 1.165) is 11.3 Å². The fourth-order valence-electron chi connectivity index (χ4n) is 3.58. The molecule has 1 aliphatic rings. The SMILES string of the molecule is COCc1nc(OC)c2c(C)c(C(=O)Nc3ccc(N4CCNC(=O)C4)c(Cl)c3)sc2n1. The molecule has 2 N–H and O–H groups in total. The van der Waals surface area contributed by atoms with Gasteiger partial charge in [-0.1, -0.05) is 11.6 Å². The Kier molecular flexibility index (Phi) is 6.45. The summed E-state index contributed by atoms with van der Waals surface area (Å²) in [5.74, 6) is 0.575. The second-order valence-electron chi connectivity index (χ2n) is 7.21. The number of nitrogens with one attached hydrogen (secondary N) is 2. The first-order valence-corrected chi connectivity index (χ1v) is 11.1. The van der Waals surface area contributed by atoms with Gasteiger partial charge in [-0.15, -0.1) is 11.3 Å². The largest absolute Gasteiger partial charge is 0.480 e. The fourth-order valence-corrected chi connectivity index (χ4v) is 4.96. The van der Waals surface area contributed by atoms with Crippen molar-refractivity contribution in [1.82, 2.24) is 15.3 Å². The quantitative estimate of drug-likeness (QED) is 0.564. The van der Waals surface area contributed by atoms with Gasteiger partial charge in [0, 0.05) is 25.9 Å². The number of methoxy groups -OCH3 is 2. The number of carbonyl (C=O) groups is 2. The van der Waals surface area contributed by atoms with Crippen LogP contribution in [0.2, 0.25) is 5.02 Å². The highest BCUT2D eigenvalue weighted by molar-refractivity contribution is 7.20. The van der Waals surface area contributed by atoms with E-state index in [-0.39, 0.29) is 25.0 Å². The number of fused-ring (bicyclic) bond motifs is 1. The van der Waals surface area contributed by atoms with Crippen LogP contribution >= 0.6 is 22.9 Å². The van der Waals surface area contributed by atoms with Gasteiger partial charge in [-0.2, -0.15) is 4.98 Å². The Hall–Kier alpha value is -2.95. The zero-order valence-electron chi connectivity index (χ0n) is 17.8. The maximum atomic E-state index is 13.0. The van der Waals surface area contributed by atoms with E-state index in [1.165, 1.54) is 18.4 Å². The number of rotatable bonds is 6. The average Bonchev–Trinajstić information content (AvgIpc) is 3.10. The molecule has 0 bridgehead atoms. The molecule has 4 rings (SSSR count). The molecule has 0 spiro atoms. The van der Waals surface area contributed by atoms with E-state index >= 15 is 0 Å². The molecule has 2 aromatic heterocycles. The molecule has 11 heteroatoms. The highest BCUT2D eigenvalue weighted by Crippen LogP contribution is 2.36. The molecule has 2 amide bonds. The van der Waals surface area contributed by atoms with Gasteiger partial charge in [0.15, 0.2) is 5.82 Å². The van der Waals surface area contributed by atoms with Gasteiger partial charge in [0.1, 0.15) is 11.4 Å². The maximum Gasteiger partial charge on any atom is 0.266 e. The Morgan fingerprint density at radius 1 is 1.34 bits per heavy atom. The highest BCUT2D eigenvalue weighted by Gasteiger charge is 2.22. The summed E-state index contributed by atoms with van der Waals surface area (Å²) in [6.45, 7) is 3.57. The number of piperazine rings is 1. The van der Waals surface area contributed by atoms with Gasteiger partial charge in [-0.05, 0) is 30.7 Å². The Labute approximate surface area is 193 Å². The topological polar surface area (TPSA) is 106 Å². The number of halogens is 1.